The number of hydrogen-bond acceptors (Lipinski definition) is 5. The van der Waals surface area contributed by atoms with Crippen molar-refractivity contribution in [2.45, 2.75) is 38.7 Å². The van der Waals surface area contributed by atoms with Gasteiger partial charge in [0, 0.05) is 12.1 Å². The third-order valence-electron chi connectivity index (χ3n) is 5.26. The summed E-state index contributed by atoms with van der Waals surface area (Å²) in [5.74, 6) is 0.00450. The minimum atomic E-state index is -1.02. The van der Waals surface area contributed by atoms with E-state index in [4.69, 9.17) is 0 Å². The average molecular weight is 365 g/mol. The molecule has 1 amide bonds. The Morgan fingerprint density at radius 2 is 2.00 bits per heavy atom. The van der Waals surface area contributed by atoms with Crippen LogP contribution in [0.4, 0.5) is 0 Å². The van der Waals surface area contributed by atoms with Crippen molar-refractivity contribution in [3.63, 3.8) is 0 Å². The molecule has 3 aromatic rings. The zero-order valence-electron chi connectivity index (χ0n) is 15.8. The number of aryl methyl sites for hydroxylation is 1. The number of carbonyl (C=O) groups excluding carboxylic acids is 1. The number of nitrogens with zero attached hydrogens (tertiary/aromatic N) is 5. The maximum Gasteiger partial charge on any atom is 0.274 e. The zero-order chi connectivity index (χ0) is 19.2. The lowest BCUT2D eigenvalue weighted by atomic mass is 9.92. The van der Waals surface area contributed by atoms with Crippen LogP contribution in [0.2, 0.25) is 0 Å². The summed E-state index contributed by atoms with van der Waals surface area (Å²) in [5, 5.41) is 23.4. The number of β-amino-alcohol motifs (C(OH)–C–C–N with tert-alkyl or cyclic N) is 1. The molecular weight excluding hydrogens is 342 g/mol. The second-order valence-electron chi connectivity index (χ2n) is 7.61. The van der Waals surface area contributed by atoms with Crippen LogP contribution < -0.4 is 0 Å². The molecule has 1 aliphatic heterocycles. The van der Waals surface area contributed by atoms with Crippen molar-refractivity contribution in [2.75, 3.05) is 13.1 Å². The molecular formula is C20H23N5O2. The third kappa shape index (κ3) is 3.08. The molecule has 1 N–H and O–H groups in total. The van der Waals surface area contributed by atoms with E-state index >= 15 is 0 Å². The van der Waals surface area contributed by atoms with Crippen LogP contribution in [0.3, 0.4) is 0 Å². The molecule has 1 fully saturated rings. The van der Waals surface area contributed by atoms with Gasteiger partial charge in [-0.2, -0.15) is 9.61 Å². The smallest absolute Gasteiger partial charge is 0.274 e. The molecule has 0 aliphatic carbocycles. The van der Waals surface area contributed by atoms with Crippen LogP contribution in [0, 0.1) is 6.92 Å². The van der Waals surface area contributed by atoms with Gasteiger partial charge in [-0.25, -0.2) is 0 Å². The van der Waals surface area contributed by atoms with Gasteiger partial charge in [0.05, 0.1) is 6.54 Å². The Kier molecular flexibility index (Phi) is 4.19. The van der Waals surface area contributed by atoms with Gasteiger partial charge in [-0.1, -0.05) is 43.7 Å². The van der Waals surface area contributed by atoms with Gasteiger partial charge in [0.25, 0.3) is 5.91 Å². The van der Waals surface area contributed by atoms with Gasteiger partial charge < -0.3 is 10.0 Å². The van der Waals surface area contributed by atoms with Crippen molar-refractivity contribution in [1.29, 1.82) is 0 Å². The normalized spacial score (nSPS) is 20.0. The highest BCUT2D eigenvalue weighted by atomic mass is 16.3. The van der Waals surface area contributed by atoms with Crippen LogP contribution in [-0.2, 0) is 5.60 Å². The molecule has 7 nitrogen and oxygen atoms in total. The van der Waals surface area contributed by atoms with Crippen LogP contribution >= 0.6 is 0 Å². The van der Waals surface area contributed by atoms with Gasteiger partial charge in [0.1, 0.15) is 17.6 Å². The van der Waals surface area contributed by atoms with E-state index in [-0.39, 0.29) is 18.4 Å². The molecule has 1 atom stereocenters. The predicted octanol–water partition coefficient (Wildman–Crippen LogP) is 2.29. The lowest BCUT2D eigenvalue weighted by Crippen LogP contribution is -2.35. The quantitative estimate of drug-likeness (QED) is 0.770. The number of hydrogen-bond donors (Lipinski definition) is 1. The highest BCUT2D eigenvalue weighted by Crippen LogP contribution is 2.33. The van der Waals surface area contributed by atoms with E-state index < -0.39 is 5.60 Å². The highest BCUT2D eigenvalue weighted by molar-refractivity contribution is 5.93. The van der Waals surface area contributed by atoms with Crippen molar-refractivity contribution >= 4 is 11.6 Å². The van der Waals surface area contributed by atoms with Gasteiger partial charge in [-0.15, -0.1) is 10.2 Å². The van der Waals surface area contributed by atoms with Crippen molar-refractivity contribution in [3.8, 4) is 0 Å². The van der Waals surface area contributed by atoms with Crippen LogP contribution in [0.15, 0.2) is 36.7 Å². The first-order valence-electron chi connectivity index (χ1n) is 9.17. The van der Waals surface area contributed by atoms with Crippen molar-refractivity contribution in [3.05, 3.63) is 59.0 Å². The number of likely N-dealkylation sites (tertiary alicyclic amines) is 1. The van der Waals surface area contributed by atoms with Crippen LogP contribution in [0.1, 0.15) is 53.4 Å². The number of aliphatic hydroxyl groups is 1. The van der Waals surface area contributed by atoms with Gasteiger partial charge >= 0.3 is 0 Å². The first kappa shape index (κ1) is 17.6. The number of carbonyl (C=O) groups is 1. The first-order chi connectivity index (χ1) is 12.9. The Morgan fingerprint density at radius 3 is 2.70 bits per heavy atom. The summed E-state index contributed by atoms with van der Waals surface area (Å²) in [6.07, 6.45) is 2.01. The molecule has 0 spiro atoms. The fraction of sp³-hybridized carbons (Fsp3) is 0.400. The topological polar surface area (TPSA) is 83.6 Å². The van der Waals surface area contributed by atoms with E-state index in [2.05, 4.69) is 15.3 Å². The summed E-state index contributed by atoms with van der Waals surface area (Å²) in [6.45, 7) is 6.85. The maximum absolute atomic E-state index is 13.1. The number of aromatic nitrogens is 4. The summed E-state index contributed by atoms with van der Waals surface area (Å²) < 4.78 is 1.55. The third-order valence-corrected chi connectivity index (χ3v) is 5.26. The van der Waals surface area contributed by atoms with Gasteiger partial charge in [-0.3, -0.25) is 4.79 Å². The van der Waals surface area contributed by atoms with E-state index in [9.17, 15) is 9.90 Å². The zero-order valence-corrected chi connectivity index (χ0v) is 15.8. The van der Waals surface area contributed by atoms with E-state index in [1.807, 2.05) is 45.0 Å². The van der Waals surface area contributed by atoms with Gasteiger partial charge in [-0.05, 0) is 30.9 Å². The summed E-state index contributed by atoms with van der Waals surface area (Å²) in [4.78, 5) is 14.7. The Morgan fingerprint density at radius 1 is 1.26 bits per heavy atom. The molecule has 7 heteroatoms. The first-order valence-corrected chi connectivity index (χ1v) is 9.17. The van der Waals surface area contributed by atoms with Gasteiger partial charge in [0.15, 0.2) is 5.65 Å². The molecule has 0 radical (unpaired) electrons. The monoisotopic (exact) mass is 365 g/mol. The van der Waals surface area contributed by atoms with E-state index in [1.54, 1.807) is 15.5 Å². The molecule has 3 heterocycles. The summed E-state index contributed by atoms with van der Waals surface area (Å²) in [5.41, 5.74) is 2.90. The van der Waals surface area contributed by atoms with E-state index in [0.717, 1.165) is 16.7 Å². The summed E-state index contributed by atoms with van der Waals surface area (Å²) in [6, 6.07) is 9.62. The van der Waals surface area contributed by atoms with E-state index in [0.29, 0.717) is 24.3 Å². The fourth-order valence-electron chi connectivity index (χ4n) is 3.61. The molecule has 0 bridgehead atoms. The molecule has 1 unspecified atom stereocenters. The Labute approximate surface area is 157 Å². The largest absolute Gasteiger partial charge is 0.383 e. The molecule has 1 aromatic carbocycles. The number of benzene rings is 1. The van der Waals surface area contributed by atoms with Gasteiger partial charge in [0.2, 0.25) is 0 Å². The molecule has 0 saturated carbocycles. The molecule has 140 valence electrons. The maximum atomic E-state index is 13.1. The minimum absolute atomic E-state index is 0.185. The van der Waals surface area contributed by atoms with Crippen molar-refractivity contribution in [1.82, 2.24) is 24.7 Å². The molecule has 1 aliphatic rings. The van der Waals surface area contributed by atoms with E-state index in [1.165, 1.54) is 6.33 Å². The van der Waals surface area contributed by atoms with Crippen molar-refractivity contribution < 1.29 is 9.90 Å². The van der Waals surface area contributed by atoms with Crippen molar-refractivity contribution in [2.24, 2.45) is 0 Å². The molecule has 2 aromatic heterocycles. The van der Waals surface area contributed by atoms with Crippen LogP contribution in [0.25, 0.3) is 5.65 Å². The predicted molar refractivity (Wildman–Crippen MR) is 100 cm³/mol. The number of amides is 1. The number of rotatable bonds is 3. The summed E-state index contributed by atoms with van der Waals surface area (Å²) in [7, 11) is 0. The Hall–Kier alpha value is -2.80. The Balaban J connectivity index is 1.62. The molecule has 27 heavy (non-hydrogen) atoms. The summed E-state index contributed by atoms with van der Waals surface area (Å²) >= 11 is 0. The number of fused-ring (bicyclic) bond motifs is 1. The lowest BCUT2D eigenvalue weighted by molar-refractivity contribution is 0.0415. The average Bonchev–Trinajstić information content (AvgIpc) is 3.28. The lowest BCUT2D eigenvalue weighted by Gasteiger charge is -2.24. The fourth-order valence-corrected chi connectivity index (χ4v) is 3.61. The molecule has 1 saturated heterocycles. The minimum Gasteiger partial charge on any atom is -0.383 e. The second kappa shape index (κ2) is 6.42. The van der Waals surface area contributed by atoms with Crippen LogP contribution in [0.5, 0.6) is 0 Å². The second-order valence-corrected chi connectivity index (χ2v) is 7.61. The van der Waals surface area contributed by atoms with Crippen LogP contribution in [-0.4, -0.2) is 48.8 Å². The molecule has 4 rings (SSSR count). The SMILES string of the molecule is Cc1ccc(C2(O)CCN(C(=O)c3cc(C(C)C)c4nncn4n3)C2)cc1. The standard InChI is InChI=1S/C20H23N5O2/c1-13(2)16-10-17(23-25-12-21-22-18(16)25)19(26)24-9-8-20(27,11-24)15-6-4-14(3)5-7-15/h4-7,10,12-13,27H,8-9,11H2,1-3H3. The Bertz CT molecular complexity index is 995. The highest BCUT2D eigenvalue weighted by Gasteiger charge is 2.40.